The summed E-state index contributed by atoms with van der Waals surface area (Å²) in [5, 5.41) is 16.9. The number of carbonyl (C=O) groups excluding carboxylic acids is 1. The van der Waals surface area contributed by atoms with Gasteiger partial charge in [-0.15, -0.1) is 16.4 Å². The topological polar surface area (TPSA) is 111 Å². The molecular weight excluding hydrogens is 454 g/mol. The van der Waals surface area contributed by atoms with Crippen molar-refractivity contribution < 1.29 is 19.0 Å². The van der Waals surface area contributed by atoms with Crippen LogP contribution in [-0.2, 0) is 19.3 Å². The second-order valence-corrected chi connectivity index (χ2v) is 9.07. The van der Waals surface area contributed by atoms with Gasteiger partial charge in [0.25, 0.3) is 11.9 Å². The third-order valence-electron chi connectivity index (χ3n) is 6.04. The lowest BCUT2D eigenvalue weighted by Gasteiger charge is -2.19. The number of thiophene rings is 1. The highest BCUT2D eigenvalue weighted by Crippen LogP contribution is 2.43. The second kappa shape index (κ2) is 9.68. The number of aromatic nitrogens is 4. The van der Waals surface area contributed by atoms with Crippen LogP contribution >= 0.6 is 11.3 Å². The van der Waals surface area contributed by atoms with E-state index in [-0.39, 0.29) is 11.9 Å². The maximum atomic E-state index is 13.1. The van der Waals surface area contributed by atoms with Crippen LogP contribution in [0.25, 0.3) is 10.1 Å². The van der Waals surface area contributed by atoms with E-state index in [1.54, 1.807) is 14.2 Å². The summed E-state index contributed by atoms with van der Waals surface area (Å²) in [7, 11) is 3.16. The summed E-state index contributed by atoms with van der Waals surface area (Å²) in [6.45, 7) is 0.444. The van der Waals surface area contributed by atoms with Crippen molar-refractivity contribution in [2.75, 3.05) is 26.1 Å². The molecule has 2 N–H and O–H groups in total. The number of aryl methyl sites for hydroxylation is 1. The van der Waals surface area contributed by atoms with Crippen molar-refractivity contribution in [3.05, 3.63) is 51.9 Å². The minimum atomic E-state index is -0.368. The SMILES string of the molecule is COc1cc2sc(C(=O)Nc3nn[nH]n3)c(OCCc3cccc4c3CCCC4)c2cc1OC. The molecule has 0 unspecified atom stereocenters. The summed E-state index contributed by atoms with van der Waals surface area (Å²) in [4.78, 5) is 13.5. The van der Waals surface area contributed by atoms with Crippen LogP contribution in [0.15, 0.2) is 30.3 Å². The van der Waals surface area contributed by atoms with Crippen LogP contribution in [0, 0.1) is 0 Å². The van der Waals surface area contributed by atoms with E-state index in [9.17, 15) is 4.79 Å². The molecule has 176 valence electrons. The van der Waals surface area contributed by atoms with E-state index in [0.29, 0.717) is 28.7 Å². The Labute approximate surface area is 200 Å². The number of fused-ring (bicyclic) bond motifs is 2. The first kappa shape index (κ1) is 22.1. The lowest BCUT2D eigenvalue weighted by molar-refractivity contribution is 0.102. The molecule has 2 aromatic heterocycles. The first-order valence-corrected chi connectivity index (χ1v) is 12.0. The lowest BCUT2D eigenvalue weighted by Crippen LogP contribution is -2.14. The molecular formula is C24H25N5O4S. The fraction of sp³-hybridized carbons (Fsp3) is 0.333. The van der Waals surface area contributed by atoms with Gasteiger partial charge in [0.1, 0.15) is 4.88 Å². The van der Waals surface area contributed by atoms with Crippen LogP contribution in [0.2, 0.25) is 0 Å². The monoisotopic (exact) mass is 479 g/mol. The average Bonchev–Trinajstić information content (AvgIpc) is 3.51. The number of aromatic amines is 1. The van der Waals surface area contributed by atoms with Crippen molar-refractivity contribution >= 4 is 33.3 Å². The van der Waals surface area contributed by atoms with Crippen LogP contribution in [0.4, 0.5) is 5.95 Å². The largest absolute Gasteiger partial charge is 0.493 e. The highest BCUT2D eigenvalue weighted by atomic mass is 32.1. The van der Waals surface area contributed by atoms with Gasteiger partial charge in [-0.3, -0.25) is 10.1 Å². The first-order valence-electron chi connectivity index (χ1n) is 11.1. The minimum absolute atomic E-state index is 0.0967. The van der Waals surface area contributed by atoms with Crippen molar-refractivity contribution in [3.63, 3.8) is 0 Å². The summed E-state index contributed by atoms with van der Waals surface area (Å²) in [6.07, 6.45) is 5.49. The van der Waals surface area contributed by atoms with Gasteiger partial charge in [-0.25, -0.2) is 0 Å². The van der Waals surface area contributed by atoms with Crippen molar-refractivity contribution in [3.8, 4) is 17.2 Å². The van der Waals surface area contributed by atoms with E-state index < -0.39 is 0 Å². The Balaban J connectivity index is 1.46. The maximum absolute atomic E-state index is 13.1. The van der Waals surface area contributed by atoms with Crippen molar-refractivity contribution in [1.29, 1.82) is 0 Å². The highest BCUT2D eigenvalue weighted by Gasteiger charge is 2.23. The van der Waals surface area contributed by atoms with E-state index >= 15 is 0 Å². The fourth-order valence-corrected chi connectivity index (χ4v) is 5.48. The standard InChI is InChI=1S/C24H25N5O4S/c1-31-18-12-17-20(13-19(18)32-2)34-22(23(30)25-24-26-28-29-27-24)21(17)33-11-10-15-8-5-7-14-6-3-4-9-16(14)15/h5,7-8,12-13H,3-4,6,9-11H2,1-2H3,(H2,25,26,27,28,29,30). The molecule has 0 fully saturated rings. The van der Waals surface area contributed by atoms with Gasteiger partial charge in [0, 0.05) is 22.6 Å². The van der Waals surface area contributed by atoms with Gasteiger partial charge in [0.2, 0.25) is 0 Å². The number of hydrogen-bond donors (Lipinski definition) is 2. The molecule has 1 aliphatic carbocycles. The number of methoxy groups -OCH3 is 2. The summed E-state index contributed by atoms with van der Waals surface area (Å²) in [5.41, 5.74) is 4.21. The maximum Gasteiger partial charge on any atom is 0.272 e. The van der Waals surface area contributed by atoms with Crippen molar-refractivity contribution in [1.82, 2.24) is 20.6 Å². The quantitative estimate of drug-likeness (QED) is 0.390. The van der Waals surface area contributed by atoms with Gasteiger partial charge in [0.15, 0.2) is 17.2 Å². The number of anilines is 1. The number of rotatable bonds is 8. The Hall–Kier alpha value is -3.66. The average molecular weight is 480 g/mol. The Morgan fingerprint density at radius 1 is 1.15 bits per heavy atom. The number of ether oxygens (including phenoxy) is 3. The number of hydrogen-bond acceptors (Lipinski definition) is 8. The van der Waals surface area contributed by atoms with Crippen LogP contribution in [0.5, 0.6) is 17.2 Å². The summed E-state index contributed by atoms with van der Waals surface area (Å²) in [5.74, 6) is 1.39. The molecule has 10 heteroatoms. The Morgan fingerprint density at radius 2 is 1.97 bits per heavy atom. The summed E-state index contributed by atoms with van der Waals surface area (Å²) < 4.78 is 18.1. The number of benzene rings is 2. The molecule has 0 atom stereocenters. The Kier molecular flexibility index (Phi) is 6.31. The zero-order valence-corrected chi connectivity index (χ0v) is 19.8. The molecule has 5 rings (SSSR count). The lowest BCUT2D eigenvalue weighted by atomic mass is 9.87. The Morgan fingerprint density at radius 3 is 2.76 bits per heavy atom. The van der Waals surface area contributed by atoms with Gasteiger partial charge >= 0.3 is 0 Å². The van der Waals surface area contributed by atoms with Gasteiger partial charge in [0.05, 0.1) is 20.8 Å². The molecule has 0 spiro atoms. The molecule has 2 aromatic carbocycles. The van der Waals surface area contributed by atoms with Gasteiger partial charge < -0.3 is 14.2 Å². The summed E-state index contributed by atoms with van der Waals surface area (Å²) >= 11 is 1.31. The zero-order chi connectivity index (χ0) is 23.5. The number of nitrogens with zero attached hydrogens (tertiary/aromatic N) is 3. The van der Waals surface area contributed by atoms with Crippen molar-refractivity contribution in [2.24, 2.45) is 0 Å². The smallest absolute Gasteiger partial charge is 0.272 e. The molecule has 1 amide bonds. The minimum Gasteiger partial charge on any atom is -0.493 e. The molecule has 0 saturated carbocycles. The van der Waals surface area contributed by atoms with Crippen LogP contribution in [0.3, 0.4) is 0 Å². The van der Waals surface area contributed by atoms with Crippen LogP contribution in [-0.4, -0.2) is 47.4 Å². The van der Waals surface area contributed by atoms with E-state index in [4.69, 9.17) is 14.2 Å². The highest BCUT2D eigenvalue weighted by molar-refractivity contribution is 7.21. The first-order chi connectivity index (χ1) is 16.7. The van der Waals surface area contributed by atoms with Crippen LogP contribution in [0.1, 0.15) is 39.2 Å². The molecule has 0 bridgehead atoms. The molecule has 0 saturated heterocycles. The third-order valence-corrected chi connectivity index (χ3v) is 7.17. The second-order valence-electron chi connectivity index (χ2n) is 8.01. The van der Waals surface area contributed by atoms with E-state index in [1.165, 1.54) is 40.9 Å². The predicted octanol–water partition coefficient (Wildman–Crippen LogP) is 4.18. The van der Waals surface area contributed by atoms with Gasteiger partial charge in [-0.1, -0.05) is 23.3 Å². The fourth-order valence-electron chi connectivity index (χ4n) is 4.42. The van der Waals surface area contributed by atoms with Crippen molar-refractivity contribution in [2.45, 2.75) is 32.1 Å². The predicted molar refractivity (Wildman–Crippen MR) is 129 cm³/mol. The molecule has 4 aromatic rings. The number of amides is 1. The molecule has 0 radical (unpaired) electrons. The Bertz CT molecular complexity index is 1320. The third kappa shape index (κ3) is 4.28. The van der Waals surface area contributed by atoms with E-state index in [1.807, 2.05) is 12.1 Å². The number of carbonyl (C=O) groups is 1. The van der Waals surface area contributed by atoms with Crippen LogP contribution < -0.4 is 19.5 Å². The van der Waals surface area contributed by atoms with E-state index in [2.05, 4.69) is 44.1 Å². The normalized spacial score (nSPS) is 12.9. The number of tetrazole rings is 1. The molecule has 0 aliphatic heterocycles. The molecule has 9 nitrogen and oxygen atoms in total. The van der Waals surface area contributed by atoms with Gasteiger partial charge in [-0.2, -0.15) is 5.21 Å². The molecule has 2 heterocycles. The van der Waals surface area contributed by atoms with Gasteiger partial charge in [-0.05, 0) is 53.7 Å². The summed E-state index contributed by atoms with van der Waals surface area (Å²) in [6, 6.07) is 10.2. The number of H-pyrrole nitrogens is 1. The zero-order valence-electron chi connectivity index (χ0n) is 19.0. The van der Waals surface area contributed by atoms with E-state index in [0.717, 1.165) is 29.3 Å². The number of nitrogens with one attached hydrogen (secondary N) is 2. The molecule has 1 aliphatic rings. The molecule has 34 heavy (non-hydrogen) atoms.